The van der Waals surface area contributed by atoms with E-state index in [2.05, 4.69) is 26.0 Å². The zero-order valence-corrected chi connectivity index (χ0v) is 47.5. The number of hydrogen-bond acceptors (Lipinski definition) is 7. The molecular weight excluding hydrogens is 882 g/mol. The molecule has 0 saturated carbocycles. The van der Waals surface area contributed by atoms with Gasteiger partial charge >= 0.3 is 19.8 Å². The van der Waals surface area contributed by atoms with Crippen LogP contribution in [-0.4, -0.2) is 74.9 Å². The van der Waals surface area contributed by atoms with Crippen LogP contribution in [-0.2, 0) is 32.7 Å². The Morgan fingerprint density at radius 1 is 0.435 bits per heavy atom. The number of carbonyl (C=O) groups excluding carboxylic acids is 2. The Hall–Kier alpha value is -1.25. The highest BCUT2D eigenvalue weighted by Gasteiger charge is 2.27. The average molecular weight is 1000 g/mol. The van der Waals surface area contributed by atoms with Gasteiger partial charge in [0.15, 0.2) is 6.10 Å². The van der Waals surface area contributed by atoms with E-state index in [1.807, 2.05) is 21.1 Å². The van der Waals surface area contributed by atoms with Crippen LogP contribution < -0.4 is 0 Å². The number of likely N-dealkylation sites (N-methyl/N-ethyl adjacent to an activating group) is 1. The van der Waals surface area contributed by atoms with Crippen LogP contribution in [0.15, 0.2) is 12.2 Å². The van der Waals surface area contributed by atoms with E-state index in [0.717, 1.165) is 51.4 Å². The van der Waals surface area contributed by atoms with Gasteiger partial charge < -0.3 is 18.9 Å². The van der Waals surface area contributed by atoms with Crippen molar-refractivity contribution < 1.29 is 42.1 Å². The van der Waals surface area contributed by atoms with E-state index < -0.39 is 26.5 Å². The van der Waals surface area contributed by atoms with Crippen LogP contribution in [0.4, 0.5) is 0 Å². The Morgan fingerprint density at radius 3 is 1.07 bits per heavy atom. The Bertz CT molecular complexity index is 1180. The zero-order chi connectivity index (χ0) is 50.6. The molecule has 0 radical (unpaired) electrons. The Kier molecular flexibility index (Phi) is 50.7. The normalized spacial score (nSPS) is 13.3. The number of ether oxygens (including phenoxy) is 2. The van der Waals surface area contributed by atoms with Gasteiger partial charge in [-0.15, -0.1) is 0 Å². The van der Waals surface area contributed by atoms with E-state index in [-0.39, 0.29) is 25.6 Å². The van der Waals surface area contributed by atoms with Crippen molar-refractivity contribution in [1.82, 2.24) is 0 Å². The van der Waals surface area contributed by atoms with Crippen LogP contribution >= 0.6 is 7.82 Å². The van der Waals surface area contributed by atoms with Crippen LogP contribution in [0.5, 0.6) is 0 Å². The number of unbranched alkanes of at least 4 members (excludes halogenated alkanes) is 40. The fourth-order valence-corrected chi connectivity index (χ4v) is 9.64. The molecule has 0 saturated heterocycles. The van der Waals surface area contributed by atoms with Crippen molar-refractivity contribution in [2.75, 3.05) is 47.5 Å². The highest BCUT2D eigenvalue weighted by Crippen LogP contribution is 2.43. The summed E-state index contributed by atoms with van der Waals surface area (Å²) in [6.07, 6.45) is 60.2. The van der Waals surface area contributed by atoms with Gasteiger partial charge in [0, 0.05) is 12.8 Å². The summed E-state index contributed by atoms with van der Waals surface area (Å²) in [6, 6.07) is 0. The van der Waals surface area contributed by atoms with E-state index >= 15 is 0 Å². The predicted molar refractivity (Wildman–Crippen MR) is 294 cm³/mol. The number of carbonyl (C=O) groups is 2. The van der Waals surface area contributed by atoms with Gasteiger partial charge in [-0.2, -0.15) is 0 Å². The second-order valence-electron chi connectivity index (χ2n) is 21.7. The molecule has 10 heteroatoms. The molecule has 0 rings (SSSR count). The van der Waals surface area contributed by atoms with E-state index in [0.29, 0.717) is 23.9 Å². The number of esters is 2. The fraction of sp³-hybridized carbons (Fsp3) is 0.932. The minimum Gasteiger partial charge on any atom is -0.462 e. The van der Waals surface area contributed by atoms with Crippen molar-refractivity contribution in [3.05, 3.63) is 12.2 Å². The molecule has 69 heavy (non-hydrogen) atoms. The Morgan fingerprint density at radius 2 is 0.739 bits per heavy atom. The lowest BCUT2D eigenvalue weighted by molar-refractivity contribution is -0.870. The van der Waals surface area contributed by atoms with Gasteiger partial charge in [0.2, 0.25) is 0 Å². The smallest absolute Gasteiger partial charge is 0.462 e. The van der Waals surface area contributed by atoms with Crippen LogP contribution in [0.2, 0.25) is 0 Å². The predicted octanol–water partition coefficient (Wildman–Crippen LogP) is 18.4. The van der Waals surface area contributed by atoms with Crippen molar-refractivity contribution in [2.24, 2.45) is 0 Å². The standard InChI is InChI=1S/C59H116NO8P/c1-6-8-10-12-14-16-18-20-22-23-24-25-26-27-28-29-30-31-32-33-34-35-36-37-38-40-41-43-45-47-49-51-58(61)65-55-57(56-67-69(63,64)66-54-53-60(3,4)5)68-59(62)52-50-48-46-44-42-39-21-19-17-15-13-11-9-7-2/h19,21,57H,6-18,20,22-56H2,1-5H3/p+1/b21-19-. The third-order valence-corrected chi connectivity index (χ3v) is 14.5. The van der Waals surface area contributed by atoms with Gasteiger partial charge in [-0.1, -0.05) is 264 Å². The van der Waals surface area contributed by atoms with Crippen LogP contribution in [0.1, 0.15) is 303 Å². The molecular formula is C59H117NO8P+. The van der Waals surface area contributed by atoms with Crippen molar-refractivity contribution in [2.45, 2.75) is 309 Å². The quantitative estimate of drug-likeness (QED) is 0.0211. The lowest BCUT2D eigenvalue weighted by Gasteiger charge is -2.24. The molecule has 0 aliphatic rings. The molecule has 0 aromatic carbocycles. The largest absolute Gasteiger partial charge is 0.472 e. The topological polar surface area (TPSA) is 108 Å². The lowest BCUT2D eigenvalue weighted by Crippen LogP contribution is -2.37. The number of quaternary nitrogens is 1. The van der Waals surface area contributed by atoms with Crippen molar-refractivity contribution >= 4 is 19.8 Å². The maximum Gasteiger partial charge on any atom is 0.472 e. The van der Waals surface area contributed by atoms with Crippen molar-refractivity contribution in [3.8, 4) is 0 Å². The maximum absolute atomic E-state index is 12.7. The van der Waals surface area contributed by atoms with Crippen LogP contribution in [0, 0.1) is 0 Å². The molecule has 0 aromatic heterocycles. The molecule has 0 fully saturated rings. The number of phosphoric acid groups is 1. The van der Waals surface area contributed by atoms with Crippen molar-refractivity contribution in [3.63, 3.8) is 0 Å². The van der Waals surface area contributed by atoms with Gasteiger partial charge in [0.25, 0.3) is 0 Å². The maximum atomic E-state index is 12.7. The number of hydrogen-bond donors (Lipinski definition) is 1. The summed E-state index contributed by atoms with van der Waals surface area (Å²) < 4.78 is 34.5. The number of rotatable bonds is 56. The highest BCUT2D eigenvalue weighted by atomic mass is 31.2. The molecule has 2 atom stereocenters. The molecule has 0 heterocycles. The lowest BCUT2D eigenvalue weighted by atomic mass is 10.0. The SMILES string of the molecule is CCCCCCC/C=C\CCCCCCCC(=O)OC(COC(=O)CCCCCCCCCCCCCCCCCCCCCCCCCCCCCCCCC)COP(=O)(O)OCC[N+](C)(C)C. The third kappa shape index (κ3) is 55.9. The Balaban J connectivity index is 3.96. The van der Waals surface area contributed by atoms with Crippen molar-refractivity contribution in [1.29, 1.82) is 0 Å². The monoisotopic (exact) mass is 999 g/mol. The van der Waals surface area contributed by atoms with E-state index in [1.165, 1.54) is 218 Å². The number of allylic oxidation sites excluding steroid dienone is 2. The van der Waals surface area contributed by atoms with Gasteiger partial charge in [-0.3, -0.25) is 18.6 Å². The summed E-state index contributed by atoms with van der Waals surface area (Å²) in [5, 5.41) is 0. The van der Waals surface area contributed by atoms with Crippen LogP contribution in [0.3, 0.4) is 0 Å². The van der Waals surface area contributed by atoms with Gasteiger partial charge in [0.05, 0.1) is 27.7 Å². The van der Waals surface area contributed by atoms with Crippen LogP contribution in [0.25, 0.3) is 0 Å². The van der Waals surface area contributed by atoms with E-state index in [1.54, 1.807) is 0 Å². The van der Waals surface area contributed by atoms with E-state index in [9.17, 15) is 19.0 Å². The molecule has 9 nitrogen and oxygen atoms in total. The number of nitrogens with zero attached hydrogens (tertiary/aromatic N) is 1. The summed E-state index contributed by atoms with van der Waals surface area (Å²) in [5.41, 5.74) is 0. The summed E-state index contributed by atoms with van der Waals surface area (Å²) >= 11 is 0. The molecule has 0 spiro atoms. The first-order chi connectivity index (χ1) is 33.5. The highest BCUT2D eigenvalue weighted by molar-refractivity contribution is 7.47. The first kappa shape index (κ1) is 67.8. The van der Waals surface area contributed by atoms with Gasteiger partial charge in [-0.05, 0) is 38.5 Å². The molecule has 0 bridgehead atoms. The molecule has 2 unspecified atom stereocenters. The fourth-order valence-electron chi connectivity index (χ4n) is 8.90. The second-order valence-corrected chi connectivity index (χ2v) is 23.2. The molecule has 0 amide bonds. The molecule has 0 aliphatic carbocycles. The molecule has 0 aromatic rings. The average Bonchev–Trinajstić information content (AvgIpc) is 3.31. The summed E-state index contributed by atoms with van der Waals surface area (Å²) in [6.45, 7) is 4.46. The first-order valence-corrected chi connectivity index (χ1v) is 31.4. The minimum absolute atomic E-state index is 0.0336. The Labute approximate surface area is 428 Å². The zero-order valence-electron chi connectivity index (χ0n) is 46.6. The molecule has 1 N–H and O–H groups in total. The molecule has 410 valence electrons. The number of phosphoric ester groups is 1. The second kappa shape index (κ2) is 51.6. The first-order valence-electron chi connectivity index (χ1n) is 29.9. The molecule has 0 aliphatic heterocycles. The van der Waals surface area contributed by atoms with Gasteiger partial charge in [-0.25, -0.2) is 4.57 Å². The van der Waals surface area contributed by atoms with Gasteiger partial charge in [0.1, 0.15) is 19.8 Å². The third-order valence-electron chi connectivity index (χ3n) is 13.5. The minimum atomic E-state index is -4.38. The van der Waals surface area contributed by atoms with E-state index in [4.69, 9.17) is 18.5 Å². The summed E-state index contributed by atoms with van der Waals surface area (Å²) in [5.74, 6) is -0.791. The summed E-state index contributed by atoms with van der Waals surface area (Å²) in [7, 11) is 1.49. The summed E-state index contributed by atoms with van der Waals surface area (Å²) in [4.78, 5) is 35.6.